The molecule has 0 aliphatic carbocycles. The SMILES string of the molecule is CC(C)(C)OC(=O)N1CCC(C(=O)N2Cc3cccnc3Nc3ccc(N4CCOCC4)cc32)CC1. The maximum Gasteiger partial charge on any atom is 0.410 e. The van der Waals surface area contributed by atoms with E-state index < -0.39 is 5.60 Å². The Bertz CT molecular complexity index is 1120. The van der Waals surface area contributed by atoms with Crippen LogP contribution in [0, 0.1) is 5.92 Å². The predicted molar refractivity (Wildman–Crippen MR) is 139 cm³/mol. The number of anilines is 4. The number of benzene rings is 1. The smallest absolute Gasteiger partial charge is 0.410 e. The van der Waals surface area contributed by atoms with Gasteiger partial charge >= 0.3 is 6.09 Å². The number of pyridine rings is 1. The standard InChI is InChI=1S/C27H35N5O4/c1-27(2,3)36-26(34)31-11-8-19(9-12-31)25(33)32-18-20-5-4-10-28-24(20)29-22-7-6-21(17-23(22)32)30-13-15-35-16-14-30/h4-7,10,17,19H,8-9,11-16,18H2,1-3H3,(H,28,29). The van der Waals surface area contributed by atoms with Gasteiger partial charge in [-0.25, -0.2) is 9.78 Å². The maximum absolute atomic E-state index is 14.0. The lowest BCUT2D eigenvalue weighted by atomic mass is 9.95. The molecule has 3 aliphatic heterocycles. The second-order valence-electron chi connectivity index (χ2n) is 10.6. The Balaban J connectivity index is 1.39. The number of nitrogens with zero attached hydrogens (tertiary/aromatic N) is 4. The maximum atomic E-state index is 14.0. The first kappa shape index (κ1) is 24.4. The number of morpholine rings is 1. The van der Waals surface area contributed by atoms with E-state index in [1.54, 1.807) is 11.1 Å². The second-order valence-corrected chi connectivity index (χ2v) is 10.6. The fraction of sp³-hybridized carbons (Fsp3) is 0.519. The van der Waals surface area contributed by atoms with Crippen LogP contribution in [0.15, 0.2) is 36.5 Å². The number of likely N-dealkylation sites (tertiary alicyclic amines) is 1. The van der Waals surface area contributed by atoms with Crippen LogP contribution in [-0.2, 0) is 20.8 Å². The molecule has 0 saturated carbocycles. The molecule has 1 aromatic carbocycles. The van der Waals surface area contributed by atoms with Gasteiger partial charge in [0.1, 0.15) is 11.4 Å². The number of hydrogen-bond donors (Lipinski definition) is 1. The average molecular weight is 494 g/mol. The molecule has 0 unspecified atom stereocenters. The summed E-state index contributed by atoms with van der Waals surface area (Å²) in [6.45, 7) is 10.1. The van der Waals surface area contributed by atoms with Gasteiger partial charge in [-0.15, -0.1) is 0 Å². The molecule has 2 amide bonds. The zero-order valence-electron chi connectivity index (χ0n) is 21.3. The average Bonchev–Trinajstić information content (AvgIpc) is 3.04. The molecular weight excluding hydrogens is 458 g/mol. The van der Waals surface area contributed by atoms with Gasteiger partial charge in [0.2, 0.25) is 5.91 Å². The van der Waals surface area contributed by atoms with Crippen LogP contribution in [-0.4, -0.2) is 66.9 Å². The highest BCUT2D eigenvalue weighted by Gasteiger charge is 2.34. The Labute approximate surface area is 212 Å². The Hall–Kier alpha value is -3.33. The Kier molecular flexibility index (Phi) is 6.75. The molecule has 1 aromatic heterocycles. The molecule has 5 rings (SSSR count). The van der Waals surface area contributed by atoms with Gasteiger partial charge in [0.05, 0.1) is 31.1 Å². The minimum atomic E-state index is -0.536. The summed E-state index contributed by atoms with van der Waals surface area (Å²) in [6, 6.07) is 10.1. The lowest BCUT2D eigenvalue weighted by Gasteiger charge is -2.35. The van der Waals surface area contributed by atoms with Crippen LogP contribution in [0.4, 0.5) is 27.7 Å². The zero-order chi connectivity index (χ0) is 25.3. The molecule has 9 heteroatoms. The molecule has 2 aromatic rings. The van der Waals surface area contributed by atoms with Crippen molar-refractivity contribution in [2.24, 2.45) is 5.92 Å². The molecule has 2 fully saturated rings. The lowest BCUT2D eigenvalue weighted by molar-refractivity contribution is -0.124. The summed E-state index contributed by atoms with van der Waals surface area (Å²) >= 11 is 0. The van der Waals surface area contributed by atoms with Gasteiger partial charge in [-0.2, -0.15) is 0 Å². The Morgan fingerprint density at radius 1 is 1.08 bits per heavy atom. The van der Waals surface area contributed by atoms with Crippen molar-refractivity contribution in [3.8, 4) is 0 Å². The molecule has 2 saturated heterocycles. The van der Waals surface area contributed by atoms with E-state index in [9.17, 15) is 9.59 Å². The summed E-state index contributed by atoms with van der Waals surface area (Å²) in [5.74, 6) is 0.687. The fourth-order valence-corrected chi connectivity index (χ4v) is 4.98. The quantitative estimate of drug-likeness (QED) is 0.672. The first-order chi connectivity index (χ1) is 17.3. The van der Waals surface area contributed by atoms with Crippen molar-refractivity contribution in [3.05, 3.63) is 42.1 Å². The van der Waals surface area contributed by atoms with Gasteiger partial charge < -0.3 is 29.5 Å². The summed E-state index contributed by atoms with van der Waals surface area (Å²) in [5.41, 5.74) is 3.24. The molecule has 4 heterocycles. The van der Waals surface area contributed by atoms with Crippen molar-refractivity contribution in [1.29, 1.82) is 0 Å². The van der Waals surface area contributed by atoms with Gasteiger partial charge in [-0.1, -0.05) is 6.07 Å². The first-order valence-electron chi connectivity index (χ1n) is 12.8. The van der Waals surface area contributed by atoms with Crippen LogP contribution in [0.3, 0.4) is 0 Å². The number of hydrogen-bond acceptors (Lipinski definition) is 7. The predicted octanol–water partition coefficient (Wildman–Crippen LogP) is 4.16. The topological polar surface area (TPSA) is 87.2 Å². The van der Waals surface area contributed by atoms with E-state index in [2.05, 4.69) is 27.3 Å². The summed E-state index contributed by atoms with van der Waals surface area (Å²) < 4.78 is 11.0. The van der Waals surface area contributed by atoms with E-state index in [1.165, 1.54) is 0 Å². The van der Waals surface area contributed by atoms with E-state index >= 15 is 0 Å². The van der Waals surface area contributed by atoms with Gasteiger partial charge in [0, 0.05) is 49.5 Å². The van der Waals surface area contributed by atoms with Crippen molar-refractivity contribution in [2.45, 2.75) is 45.8 Å². The van der Waals surface area contributed by atoms with Crippen LogP contribution in [0.2, 0.25) is 0 Å². The zero-order valence-corrected chi connectivity index (χ0v) is 21.3. The highest BCUT2D eigenvalue weighted by atomic mass is 16.6. The molecular formula is C27H35N5O4. The number of piperidine rings is 1. The third-order valence-corrected chi connectivity index (χ3v) is 6.88. The molecule has 3 aliphatic rings. The van der Waals surface area contributed by atoms with Crippen LogP contribution in [0.1, 0.15) is 39.2 Å². The highest BCUT2D eigenvalue weighted by Crippen LogP contribution is 2.39. The largest absolute Gasteiger partial charge is 0.444 e. The summed E-state index contributed by atoms with van der Waals surface area (Å²) in [7, 11) is 0. The number of carbonyl (C=O) groups excluding carboxylic acids is 2. The van der Waals surface area contributed by atoms with Crippen molar-refractivity contribution >= 4 is 34.9 Å². The first-order valence-corrected chi connectivity index (χ1v) is 12.8. The van der Waals surface area contributed by atoms with Crippen molar-refractivity contribution in [3.63, 3.8) is 0 Å². The number of aromatic nitrogens is 1. The van der Waals surface area contributed by atoms with Gasteiger partial charge in [0.15, 0.2) is 0 Å². The molecule has 1 N–H and O–H groups in total. The van der Waals surface area contributed by atoms with Gasteiger partial charge in [0.25, 0.3) is 0 Å². The molecule has 0 radical (unpaired) electrons. The monoisotopic (exact) mass is 493 g/mol. The van der Waals surface area contributed by atoms with Crippen LogP contribution < -0.4 is 15.1 Å². The van der Waals surface area contributed by atoms with Crippen LogP contribution in [0.25, 0.3) is 0 Å². The normalized spacial score (nSPS) is 18.6. The van der Waals surface area contributed by atoms with Crippen molar-refractivity contribution < 1.29 is 19.1 Å². The fourth-order valence-electron chi connectivity index (χ4n) is 4.98. The summed E-state index contributed by atoms with van der Waals surface area (Å²) in [5, 5.41) is 3.45. The number of rotatable bonds is 2. The summed E-state index contributed by atoms with van der Waals surface area (Å²) in [4.78, 5) is 36.9. The molecule has 0 atom stereocenters. The number of ether oxygens (including phenoxy) is 2. The van der Waals surface area contributed by atoms with E-state index in [4.69, 9.17) is 9.47 Å². The van der Waals surface area contributed by atoms with Crippen molar-refractivity contribution in [1.82, 2.24) is 9.88 Å². The Morgan fingerprint density at radius 2 is 1.83 bits per heavy atom. The van der Waals surface area contributed by atoms with Crippen LogP contribution in [0.5, 0.6) is 0 Å². The summed E-state index contributed by atoms with van der Waals surface area (Å²) in [6.07, 6.45) is 2.67. The number of amides is 2. The Morgan fingerprint density at radius 3 is 2.56 bits per heavy atom. The van der Waals surface area contributed by atoms with E-state index in [0.717, 1.165) is 41.5 Å². The van der Waals surface area contributed by atoms with E-state index in [-0.39, 0.29) is 17.9 Å². The highest BCUT2D eigenvalue weighted by molar-refractivity contribution is 6.00. The number of nitrogens with one attached hydrogen (secondary N) is 1. The third kappa shape index (κ3) is 5.26. The lowest BCUT2D eigenvalue weighted by Crippen LogP contribution is -2.45. The second kappa shape index (κ2) is 9.97. The molecule has 192 valence electrons. The molecule has 0 bridgehead atoms. The minimum Gasteiger partial charge on any atom is -0.444 e. The van der Waals surface area contributed by atoms with Crippen LogP contribution >= 0.6 is 0 Å². The number of fused-ring (bicyclic) bond motifs is 2. The van der Waals surface area contributed by atoms with Gasteiger partial charge in [-0.3, -0.25) is 4.79 Å². The van der Waals surface area contributed by atoms with E-state index in [1.807, 2.05) is 43.9 Å². The minimum absolute atomic E-state index is 0.0812. The van der Waals surface area contributed by atoms with E-state index in [0.29, 0.717) is 45.7 Å². The molecule has 0 spiro atoms. The third-order valence-electron chi connectivity index (χ3n) is 6.88. The van der Waals surface area contributed by atoms with Crippen molar-refractivity contribution in [2.75, 3.05) is 54.5 Å². The van der Waals surface area contributed by atoms with Gasteiger partial charge in [-0.05, 0) is 57.9 Å². The number of carbonyl (C=O) groups is 2. The molecule has 9 nitrogen and oxygen atoms in total. The molecule has 36 heavy (non-hydrogen) atoms.